The van der Waals surface area contributed by atoms with Gasteiger partial charge in [0.1, 0.15) is 11.4 Å². The molecule has 0 spiro atoms. The Labute approximate surface area is 130 Å². The minimum atomic E-state index is -0.165. The molecule has 2 aromatic rings. The number of aryl methyl sites for hydroxylation is 1. The SMILES string of the molecule is CNCCCNC(=O)c1ccn(-c2cc(C)ccc2OC)n1. The number of methoxy groups -OCH3 is 1. The molecule has 0 unspecified atom stereocenters. The van der Waals surface area contributed by atoms with Gasteiger partial charge in [0.15, 0.2) is 5.69 Å². The molecule has 0 saturated carbocycles. The number of amides is 1. The monoisotopic (exact) mass is 302 g/mol. The number of hydrogen-bond donors (Lipinski definition) is 2. The first-order valence-electron chi connectivity index (χ1n) is 7.29. The van der Waals surface area contributed by atoms with E-state index in [0.717, 1.165) is 30.0 Å². The second-order valence-electron chi connectivity index (χ2n) is 5.03. The molecule has 1 heterocycles. The van der Waals surface area contributed by atoms with Crippen molar-refractivity contribution in [3.8, 4) is 11.4 Å². The standard InChI is InChI=1S/C16H22N4O2/c1-12-5-6-15(22-3)14(11-12)20-10-7-13(19-20)16(21)18-9-4-8-17-2/h5-7,10-11,17H,4,8-9H2,1-3H3,(H,18,21). The van der Waals surface area contributed by atoms with Gasteiger partial charge in [0.25, 0.3) is 5.91 Å². The van der Waals surface area contributed by atoms with Crippen molar-refractivity contribution in [2.45, 2.75) is 13.3 Å². The van der Waals surface area contributed by atoms with Crippen LogP contribution in [0.4, 0.5) is 0 Å². The maximum absolute atomic E-state index is 12.0. The molecule has 0 saturated heterocycles. The van der Waals surface area contributed by atoms with Crippen LogP contribution in [-0.4, -0.2) is 42.9 Å². The van der Waals surface area contributed by atoms with Crippen LogP contribution in [-0.2, 0) is 0 Å². The van der Waals surface area contributed by atoms with Crippen LogP contribution in [0.25, 0.3) is 5.69 Å². The Bertz CT molecular complexity index is 637. The number of aromatic nitrogens is 2. The van der Waals surface area contributed by atoms with E-state index in [1.54, 1.807) is 24.1 Å². The molecule has 0 aliphatic rings. The van der Waals surface area contributed by atoms with E-state index in [4.69, 9.17) is 4.74 Å². The number of ether oxygens (including phenoxy) is 1. The summed E-state index contributed by atoms with van der Waals surface area (Å²) in [6.07, 6.45) is 2.65. The second kappa shape index (κ2) is 7.61. The Balaban J connectivity index is 2.11. The van der Waals surface area contributed by atoms with Gasteiger partial charge in [-0.3, -0.25) is 4.79 Å². The minimum absolute atomic E-state index is 0.165. The third-order valence-corrected chi connectivity index (χ3v) is 3.29. The fourth-order valence-electron chi connectivity index (χ4n) is 2.12. The molecule has 1 aromatic carbocycles. The maximum Gasteiger partial charge on any atom is 0.271 e. The van der Waals surface area contributed by atoms with E-state index in [0.29, 0.717) is 12.2 Å². The molecule has 2 rings (SSSR count). The van der Waals surface area contributed by atoms with Gasteiger partial charge in [0.2, 0.25) is 0 Å². The zero-order chi connectivity index (χ0) is 15.9. The lowest BCUT2D eigenvalue weighted by Crippen LogP contribution is -2.27. The van der Waals surface area contributed by atoms with Gasteiger partial charge in [-0.1, -0.05) is 6.07 Å². The van der Waals surface area contributed by atoms with E-state index in [2.05, 4.69) is 15.7 Å². The fourth-order valence-corrected chi connectivity index (χ4v) is 2.12. The van der Waals surface area contributed by atoms with Crippen molar-refractivity contribution in [2.75, 3.05) is 27.2 Å². The Morgan fingerprint density at radius 1 is 1.32 bits per heavy atom. The van der Waals surface area contributed by atoms with Crippen molar-refractivity contribution < 1.29 is 9.53 Å². The summed E-state index contributed by atoms with van der Waals surface area (Å²) in [6, 6.07) is 7.54. The minimum Gasteiger partial charge on any atom is -0.494 e. The number of nitrogens with zero attached hydrogens (tertiary/aromatic N) is 2. The number of nitrogens with one attached hydrogen (secondary N) is 2. The Hall–Kier alpha value is -2.34. The van der Waals surface area contributed by atoms with E-state index >= 15 is 0 Å². The number of benzene rings is 1. The average Bonchev–Trinajstić information content (AvgIpc) is 3.01. The number of hydrogen-bond acceptors (Lipinski definition) is 4. The molecule has 0 atom stereocenters. The summed E-state index contributed by atoms with van der Waals surface area (Å²) in [5.41, 5.74) is 2.31. The molecule has 1 aromatic heterocycles. The summed E-state index contributed by atoms with van der Waals surface area (Å²) in [5, 5.41) is 10.2. The lowest BCUT2D eigenvalue weighted by atomic mass is 10.2. The lowest BCUT2D eigenvalue weighted by Gasteiger charge is -2.09. The van der Waals surface area contributed by atoms with Gasteiger partial charge in [0.05, 0.1) is 7.11 Å². The van der Waals surface area contributed by atoms with Crippen LogP contribution in [0.15, 0.2) is 30.5 Å². The second-order valence-corrected chi connectivity index (χ2v) is 5.03. The highest BCUT2D eigenvalue weighted by atomic mass is 16.5. The molecule has 0 fully saturated rings. The van der Waals surface area contributed by atoms with E-state index in [9.17, 15) is 4.79 Å². The van der Waals surface area contributed by atoms with Gasteiger partial charge in [-0.25, -0.2) is 4.68 Å². The first-order valence-corrected chi connectivity index (χ1v) is 7.29. The van der Waals surface area contributed by atoms with Gasteiger partial charge in [-0.15, -0.1) is 0 Å². The van der Waals surface area contributed by atoms with Crippen molar-refractivity contribution in [1.82, 2.24) is 20.4 Å². The molecule has 0 aliphatic carbocycles. The molecule has 0 aliphatic heterocycles. The Morgan fingerprint density at radius 3 is 2.86 bits per heavy atom. The van der Waals surface area contributed by atoms with Crippen LogP contribution < -0.4 is 15.4 Å². The van der Waals surface area contributed by atoms with E-state index < -0.39 is 0 Å². The molecule has 2 N–H and O–H groups in total. The zero-order valence-electron chi connectivity index (χ0n) is 13.2. The van der Waals surface area contributed by atoms with Crippen LogP contribution in [0.3, 0.4) is 0 Å². The summed E-state index contributed by atoms with van der Waals surface area (Å²) in [4.78, 5) is 12.0. The first kappa shape index (κ1) is 16.0. The van der Waals surface area contributed by atoms with Crippen molar-refractivity contribution >= 4 is 5.91 Å². The molecule has 0 radical (unpaired) electrons. The van der Waals surface area contributed by atoms with Crippen molar-refractivity contribution in [2.24, 2.45) is 0 Å². The molecule has 0 bridgehead atoms. The van der Waals surface area contributed by atoms with E-state index in [-0.39, 0.29) is 5.91 Å². The highest BCUT2D eigenvalue weighted by Gasteiger charge is 2.12. The van der Waals surface area contributed by atoms with Gasteiger partial charge in [-0.2, -0.15) is 5.10 Å². The molecule has 6 heteroatoms. The van der Waals surface area contributed by atoms with Gasteiger partial charge in [0, 0.05) is 12.7 Å². The van der Waals surface area contributed by atoms with Crippen molar-refractivity contribution in [3.05, 3.63) is 41.7 Å². The van der Waals surface area contributed by atoms with Gasteiger partial charge in [-0.05, 0) is 50.7 Å². The number of rotatable bonds is 7. The third-order valence-electron chi connectivity index (χ3n) is 3.29. The molecule has 6 nitrogen and oxygen atoms in total. The molecule has 1 amide bonds. The molecule has 118 valence electrons. The third kappa shape index (κ3) is 3.85. The lowest BCUT2D eigenvalue weighted by molar-refractivity contribution is 0.0948. The highest BCUT2D eigenvalue weighted by Crippen LogP contribution is 2.23. The first-order chi connectivity index (χ1) is 10.7. The normalized spacial score (nSPS) is 10.5. The maximum atomic E-state index is 12.0. The molecule has 22 heavy (non-hydrogen) atoms. The zero-order valence-corrected chi connectivity index (χ0v) is 13.2. The van der Waals surface area contributed by atoms with Gasteiger partial charge < -0.3 is 15.4 Å². The van der Waals surface area contributed by atoms with Crippen LogP contribution in [0, 0.1) is 6.92 Å². The van der Waals surface area contributed by atoms with Crippen LogP contribution in [0.5, 0.6) is 5.75 Å². The van der Waals surface area contributed by atoms with Crippen LogP contribution in [0.2, 0.25) is 0 Å². The summed E-state index contributed by atoms with van der Waals surface area (Å²) in [5.74, 6) is 0.552. The number of carbonyl (C=O) groups excluding carboxylic acids is 1. The smallest absolute Gasteiger partial charge is 0.271 e. The van der Waals surface area contributed by atoms with E-state index in [1.807, 2.05) is 32.2 Å². The Kier molecular flexibility index (Phi) is 5.55. The number of carbonyl (C=O) groups is 1. The van der Waals surface area contributed by atoms with Crippen molar-refractivity contribution in [1.29, 1.82) is 0 Å². The summed E-state index contributed by atoms with van der Waals surface area (Å²) >= 11 is 0. The van der Waals surface area contributed by atoms with E-state index in [1.165, 1.54) is 0 Å². The molecular formula is C16H22N4O2. The van der Waals surface area contributed by atoms with Crippen LogP contribution >= 0.6 is 0 Å². The topological polar surface area (TPSA) is 68.2 Å². The summed E-state index contributed by atoms with van der Waals surface area (Å²) in [6.45, 7) is 3.50. The van der Waals surface area contributed by atoms with Crippen molar-refractivity contribution in [3.63, 3.8) is 0 Å². The largest absolute Gasteiger partial charge is 0.494 e. The van der Waals surface area contributed by atoms with Crippen LogP contribution in [0.1, 0.15) is 22.5 Å². The average molecular weight is 302 g/mol. The quantitative estimate of drug-likeness (QED) is 0.761. The fraction of sp³-hybridized carbons (Fsp3) is 0.375. The Morgan fingerprint density at radius 2 is 2.14 bits per heavy atom. The van der Waals surface area contributed by atoms with Gasteiger partial charge >= 0.3 is 0 Å². The summed E-state index contributed by atoms with van der Waals surface area (Å²) in [7, 11) is 3.51. The highest BCUT2D eigenvalue weighted by molar-refractivity contribution is 5.92. The predicted octanol–water partition coefficient (Wildman–Crippen LogP) is 1.53. The molecular weight excluding hydrogens is 280 g/mol. The summed E-state index contributed by atoms with van der Waals surface area (Å²) < 4.78 is 7.01. The predicted molar refractivity (Wildman–Crippen MR) is 85.7 cm³/mol.